The van der Waals surface area contributed by atoms with E-state index in [0.29, 0.717) is 24.7 Å². The summed E-state index contributed by atoms with van der Waals surface area (Å²) in [5.41, 5.74) is 11.6. The van der Waals surface area contributed by atoms with E-state index in [1.165, 1.54) is 6.07 Å². The molecule has 0 unspecified atom stereocenters. The second-order valence-corrected chi connectivity index (χ2v) is 3.89. The molecule has 0 spiro atoms. The highest BCUT2D eigenvalue weighted by molar-refractivity contribution is 5.96. The lowest BCUT2D eigenvalue weighted by Gasteiger charge is -2.11. The Labute approximate surface area is 101 Å². The van der Waals surface area contributed by atoms with E-state index in [1.807, 2.05) is 13.8 Å². The predicted molar refractivity (Wildman–Crippen MR) is 66.0 cm³/mol. The smallest absolute Gasteiger partial charge is 0.252 e. The van der Waals surface area contributed by atoms with Crippen molar-refractivity contribution in [3.05, 3.63) is 23.8 Å². The number of amides is 1. The molecular weight excluding hydrogens is 220 g/mol. The average molecular weight is 238 g/mol. The summed E-state index contributed by atoms with van der Waals surface area (Å²) in [4.78, 5) is 11.2. The van der Waals surface area contributed by atoms with Gasteiger partial charge in [0.05, 0.1) is 18.3 Å². The van der Waals surface area contributed by atoms with Gasteiger partial charge in [-0.2, -0.15) is 0 Å². The quantitative estimate of drug-likeness (QED) is 0.575. The van der Waals surface area contributed by atoms with Crippen molar-refractivity contribution in [2.24, 2.45) is 5.73 Å². The Bertz CT molecular complexity index is 391. The van der Waals surface area contributed by atoms with Crippen LogP contribution in [0.3, 0.4) is 0 Å². The van der Waals surface area contributed by atoms with Crippen LogP contribution in [0, 0.1) is 0 Å². The maximum Gasteiger partial charge on any atom is 0.252 e. The fraction of sp³-hybridized carbons (Fsp3) is 0.417. The number of carbonyl (C=O) groups excluding carboxylic acids is 1. The lowest BCUT2D eigenvalue weighted by atomic mass is 10.1. The van der Waals surface area contributed by atoms with Gasteiger partial charge in [0, 0.05) is 5.69 Å². The first kappa shape index (κ1) is 13.3. The highest BCUT2D eigenvalue weighted by Crippen LogP contribution is 2.20. The van der Waals surface area contributed by atoms with E-state index in [2.05, 4.69) is 0 Å². The van der Waals surface area contributed by atoms with Gasteiger partial charge in [-0.1, -0.05) is 0 Å². The zero-order valence-electron chi connectivity index (χ0n) is 10.1. The molecule has 0 heterocycles. The maximum absolute atomic E-state index is 11.2. The van der Waals surface area contributed by atoms with Crippen molar-refractivity contribution in [2.75, 3.05) is 18.9 Å². The molecule has 0 saturated carbocycles. The zero-order valence-corrected chi connectivity index (χ0v) is 10.1. The van der Waals surface area contributed by atoms with E-state index in [0.717, 1.165) is 0 Å². The van der Waals surface area contributed by atoms with Crippen molar-refractivity contribution in [3.63, 3.8) is 0 Å². The van der Waals surface area contributed by atoms with Gasteiger partial charge in [-0.25, -0.2) is 0 Å². The van der Waals surface area contributed by atoms with Gasteiger partial charge in [-0.3, -0.25) is 4.79 Å². The minimum atomic E-state index is -0.558. The molecule has 0 bridgehead atoms. The van der Waals surface area contributed by atoms with Gasteiger partial charge in [0.2, 0.25) is 0 Å². The first-order valence-electron chi connectivity index (χ1n) is 5.44. The molecule has 1 rings (SSSR count). The molecule has 0 aliphatic heterocycles. The molecule has 94 valence electrons. The molecule has 1 aromatic rings. The lowest BCUT2D eigenvalue weighted by molar-refractivity contribution is 0.0549. The average Bonchev–Trinajstić information content (AvgIpc) is 2.25. The topological polar surface area (TPSA) is 87.6 Å². The molecule has 5 heteroatoms. The number of nitrogen functional groups attached to an aromatic ring is 1. The number of rotatable bonds is 6. The maximum atomic E-state index is 11.2. The summed E-state index contributed by atoms with van der Waals surface area (Å²) in [6.07, 6.45) is 0.153. The standard InChI is InChI=1S/C12H18N2O3/c1-8(2)16-5-6-17-11-4-3-9(13)7-10(11)12(14)15/h3-4,7-8H,5-6,13H2,1-2H3,(H2,14,15). The molecule has 0 saturated heterocycles. The molecule has 0 radical (unpaired) electrons. The van der Waals surface area contributed by atoms with Gasteiger partial charge >= 0.3 is 0 Å². The van der Waals surface area contributed by atoms with Crippen molar-refractivity contribution in [1.82, 2.24) is 0 Å². The number of hydrogen-bond acceptors (Lipinski definition) is 4. The molecular formula is C12H18N2O3. The molecule has 1 aromatic carbocycles. The van der Waals surface area contributed by atoms with Crippen LogP contribution < -0.4 is 16.2 Å². The monoisotopic (exact) mass is 238 g/mol. The third kappa shape index (κ3) is 4.32. The molecule has 0 aliphatic carbocycles. The Morgan fingerprint density at radius 2 is 2.06 bits per heavy atom. The molecule has 0 fully saturated rings. The summed E-state index contributed by atoms with van der Waals surface area (Å²) in [5, 5.41) is 0. The van der Waals surface area contributed by atoms with Crippen LogP contribution >= 0.6 is 0 Å². The summed E-state index contributed by atoms with van der Waals surface area (Å²) < 4.78 is 10.7. The summed E-state index contributed by atoms with van der Waals surface area (Å²) in [6.45, 7) is 4.71. The number of ether oxygens (including phenoxy) is 2. The summed E-state index contributed by atoms with van der Waals surface area (Å²) >= 11 is 0. The summed E-state index contributed by atoms with van der Waals surface area (Å²) in [7, 11) is 0. The van der Waals surface area contributed by atoms with E-state index in [9.17, 15) is 4.79 Å². The lowest BCUT2D eigenvalue weighted by Crippen LogP contribution is -2.16. The molecule has 17 heavy (non-hydrogen) atoms. The number of anilines is 1. The van der Waals surface area contributed by atoms with Crippen LogP contribution in [0.1, 0.15) is 24.2 Å². The van der Waals surface area contributed by atoms with E-state index in [-0.39, 0.29) is 11.7 Å². The molecule has 5 nitrogen and oxygen atoms in total. The first-order valence-corrected chi connectivity index (χ1v) is 5.44. The van der Waals surface area contributed by atoms with E-state index in [1.54, 1.807) is 12.1 Å². The van der Waals surface area contributed by atoms with Crippen LogP contribution in [0.4, 0.5) is 5.69 Å². The minimum Gasteiger partial charge on any atom is -0.490 e. The van der Waals surface area contributed by atoms with Crippen LogP contribution in [0.15, 0.2) is 18.2 Å². The fourth-order valence-electron chi connectivity index (χ4n) is 1.30. The van der Waals surface area contributed by atoms with Crippen LogP contribution in [0.25, 0.3) is 0 Å². The van der Waals surface area contributed by atoms with Gasteiger partial charge < -0.3 is 20.9 Å². The van der Waals surface area contributed by atoms with Crippen LogP contribution in [0.2, 0.25) is 0 Å². The number of benzene rings is 1. The van der Waals surface area contributed by atoms with Gasteiger partial charge in [0.25, 0.3) is 5.91 Å². The highest BCUT2D eigenvalue weighted by Gasteiger charge is 2.09. The van der Waals surface area contributed by atoms with E-state index < -0.39 is 5.91 Å². The predicted octanol–water partition coefficient (Wildman–Crippen LogP) is 1.17. The Balaban J connectivity index is 2.61. The second-order valence-electron chi connectivity index (χ2n) is 3.89. The third-order valence-electron chi connectivity index (χ3n) is 2.06. The van der Waals surface area contributed by atoms with Crippen LogP contribution in [-0.2, 0) is 4.74 Å². The number of hydrogen-bond donors (Lipinski definition) is 2. The highest BCUT2D eigenvalue weighted by atomic mass is 16.5. The summed E-state index contributed by atoms with van der Waals surface area (Å²) in [5.74, 6) is -0.129. The van der Waals surface area contributed by atoms with Crippen molar-refractivity contribution in [1.29, 1.82) is 0 Å². The van der Waals surface area contributed by atoms with Crippen LogP contribution in [0.5, 0.6) is 5.75 Å². The van der Waals surface area contributed by atoms with E-state index >= 15 is 0 Å². The number of carbonyl (C=O) groups is 1. The van der Waals surface area contributed by atoms with E-state index in [4.69, 9.17) is 20.9 Å². The largest absolute Gasteiger partial charge is 0.490 e. The molecule has 4 N–H and O–H groups in total. The number of primary amides is 1. The van der Waals surface area contributed by atoms with Gasteiger partial charge in [0.1, 0.15) is 12.4 Å². The van der Waals surface area contributed by atoms with Crippen molar-refractivity contribution < 1.29 is 14.3 Å². The first-order chi connectivity index (χ1) is 8.00. The van der Waals surface area contributed by atoms with Crippen molar-refractivity contribution in [2.45, 2.75) is 20.0 Å². The zero-order chi connectivity index (χ0) is 12.8. The van der Waals surface area contributed by atoms with Crippen LogP contribution in [-0.4, -0.2) is 25.2 Å². The molecule has 0 atom stereocenters. The van der Waals surface area contributed by atoms with Gasteiger partial charge in [-0.15, -0.1) is 0 Å². The summed E-state index contributed by atoms with van der Waals surface area (Å²) in [6, 6.07) is 4.79. The van der Waals surface area contributed by atoms with Gasteiger partial charge in [0.15, 0.2) is 0 Å². The number of nitrogens with two attached hydrogens (primary N) is 2. The molecule has 0 aromatic heterocycles. The second kappa shape index (κ2) is 6.10. The third-order valence-corrected chi connectivity index (χ3v) is 2.06. The minimum absolute atomic E-state index is 0.153. The molecule has 0 aliphatic rings. The Morgan fingerprint density at radius 3 is 2.65 bits per heavy atom. The fourth-order valence-corrected chi connectivity index (χ4v) is 1.30. The Morgan fingerprint density at radius 1 is 1.35 bits per heavy atom. The normalized spacial score (nSPS) is 10.5. The Hall–Kier alpha value is -1.75. The molecule has 1 amide bonds. The SMILES string of the molecule is CC(C)OCCOc1ccc(N)cc1C(N)=O. The van der Waals surface area contributed by atoms with Gasteiger partial charge in [-0.05, 0) is 32.0 Å². The van der Waals surface area contributed by atoms with Crippen molar-refractivity contribution >= 4 is 11.6 Å². The Kier molecular flexibility index (Phi) is 4.78. The van der Waals surface area contributed by atoms with Crippen molar-refractivity contribution in [3.8, 4) is 5.75 Å².